The molecule has 100 valence electrons. The Balaban J connectivity index is 2.30. The Kier molecular flexibility index (Phi) is 3.65. The van der Waals surface area contributed by atoms with Crippen LogP contribution in [0.15, 0.2) is 23.1 Å². The van der Waals surface area contributed by atoms with Crippen LogP contribution in [0.1, 0.15) is 12.8 Å². The van der Waals surface area contributed by atoms with Crippen molar-refractivity contribution >= 4 is 10.0 Å². The third kappa shape index (κ3) is 2.68. The highest BCUT2D eigenvalue weighted by Gasteiger charge is 2.28. The van der Waals surface area contributed by atoms with E-state index in [0.717, 1.165) is 12.1 Å². The summed E-state index contributed by atoms with van der Waals surface area (Å²) < 4.78 is 51.6. The van der Waals surface area contributed by atoms with Crippen LogP contribution in [-0.4, -0.2) is 31.9 Å². The van der Waals surface area contributed by atoms with Gasteiger partial charge < -0.3 is 5.73 Å². The highest BCUT2D eigenvalue weighted by Crippen LogP contribution is 2.21. The van der Waals surface area contributed by atoms with Gasteiger partial charge >= 0.3 is 0 Å². The first-order valence-corrected chi connectivity index (χ1v) is 7.05. The number of piperidine rings is 1. The fourth-order valence-corrected chi connectivity index (χ4v) is 3.46. The number of sulfonamides is 1. The molecule has 2 N–H and O–H groups in total. The molecule has 1 saturated heterocycles. The Hall–Kier alpha value is -1.05. The molecule has 18 heavy (non-hydrogen) atoms. The van der Waals surface area contributed by atoms with Crippen molar-refractivity contribution in [1.29, 1.82) is 0 Å². The Morgan fingerprint density at radius 2 is 1.61 bits per heavy atom. The van der Waals surface area contributed by atoms with Crippen molar-refractivity contribution in [3.63, 3.8) is 0 Å². The molecule has 0 saturated carbocycles. The maximum Gasteiger partial charge on any atom is 0.243 e. The Morgan fingerprint density at radius 1 is 1.11 bits per heavy atom. The summed E-state index contributed by atoms with van der Waals surface area (Å²) in [5.41, 5.74) is 5.69. The van der Waals surface area contributed by atoms with Crippen LogP contribution in [0.3, 0.4) is 0 Å². The van der Waals surface area contributed by atoms with Gasteiger partial charge in [0.05, 0.1) is 4.90 Å². The number of nitrogens with two attached hydrogens (primary N) is 1. The molecule has 0 unspecified atom stereocenters. The molecule has 0 aromatic heterocycles. The average molecular weight is 276 g/mol. The molecule has 7 heteroatoms. The summed E-state index contributed by atoms with van der Waals surface area (Å²) in [6.45, 7) is 0.559. The number of rotatable bonds is 2. The monoisotopic (exact) mass is 276 g/mol. The van der Waals surface area contributed by atoms with Gasteiger partial charge in [-0.25, -0.2) is 17.2 Å². The Labute approximate surface area is 104 Å². The predicted octanol–water partition coefficient (Wildman–Crippen LogP) is 1.08. The first-order valence-electron chi connectivity index (χ1n) is 5.61. The summed E-state index contributed by atoms with van der Waals surface area (Å²) in [5, 5.41) is 0. The Morgan fingerprint density at radius 3 is 2.11 bits per heavy atom. The number of nitrogens with zero attached hydrogens (tertiary/aromatic N) is 1. The van der Waals surface area contributed by atoms with Gasteiger partial charge in [0.2, 0.25) is 10.0 Å². The maximum atomic E-state index is 13.0. The third-order valence-electron chi connectivity index (χ3n) is 2.97. The number of halogens is 2. The lowest BCUT2D eigenvalue weighted by Gasteiger charge is -2.29. The van der Waals surface area contributed by atoms with Crippen LogP contribution >= 0.6 is 0 Å². The van der Waals surface area contributed by atoms with Crippen molar-refractivity contribution in [1.82, 2.24) is 4.31 Å². The molecule has 0 radical (unpaired) electrons. The summed E-state index contributed by atoms with van der Waals surface area (Å²) in [7, 11) is -3.83. The second-order valence-corrected chi connectivity index (χ2v) is 6.28. The minimum absolute atomic E-state index is 0.0132. The van der Waals surface area contributed by atoms with Gasteiger partial charge in [-0.2, -0.15) is 4.31 Å². The number of hydrogen-bond acceptors (Lipinski definition) is 3. The second kappa shape index (κ2) is 4.91. The highest BCUT2D eigenvalue weighted by molar-refractivity contribution is 7.89. The lowest BCUT2D eigenvalue weighted by molar-refractivity contribution is 0.319. The Bertz CT molecular complexity index is 520. The van der Waals surface area contributed by atoms with Gasteiger partial charge in [-0.3, -0.25) is 0 Å². The van der Waals surface area contributed by atoms with Gasteiger partial charge in [-0.1, -0.05) is 0 Å². The predicted molar refractivity (Wildman–Crippen MR) is 62.3 cm³/mol. The molecular formula is C11H14F2N2O2S. The molecule has 4 nitrogen and oxygen atoms in total. The SMILES string of the molecule is NC1CCN(S(=O)(=O)c2cc(F)cc(F)c2)CC1. The molecule has 0 amide bonds. The molecule has 2 rings (SSSR count). The van der Waals surface area contributed by atoms with Gasteiger partial charge in [0.25, 0.3) is 0 Å². The van der Waals surface area contributed by atoms with Gasteiger partial charge in [0.1, 0.15) is 11.6 Å². The minimum Gasteiger partial charge on any atom is -0.328 e. The summed E-state index contributed by atoms with van der Waals surface area (Å²) in [6.07, 6.45) is 1.11. The van der Waals surface area contributed by atoms with Crippen molar-refractivity contribution < 1.29 is 17.2 Å². The van der Waals surface area contributed by atoms with Crippen molar-refractivity contribution in [3.8, 4) is 0 Å². The molecule has 1 fully saturated rings. The van der Waals surface area contributed by atoms with E-state index in [1.54, 1.807) is 0 Å². The lowest BCUT2D eigenvalue weighted by atomic mass is 10.1. The molecule has 1 aromatic carbocycles. The van der Waals surface area contributed by atoms with E-state index in [0.29, 0.717) is 18.9 Å². The summed E-state index contributed by atoms with van der Waals surface area (Å²) in [6, 6.07) is 2.28. The zero-order valence-electron chi connectivity index (χ0n) is 9.64. The van der Waals surface area contributed by atoms with Crippen LogP contribution in [-0.2, 0) is 10.0 Å². The fourth-order valence-electron chi connectivity index (χ4n) is 1.94. The van der Waals surface area contributed by atoms with Gasteiger partial charge in [-0.15, -0.1) is 0 Å². The quantitative estimate of drug-likeness (QED) is 0.879. The minimum atomic E-state index is -3.83. The molecule has 0 aliphatic carbocycles. The zero-order chi connectivity index (χ0) is 13.3. The fraction of sp³-hybridized carbons (Fsp3) is 0.455. The summed E-state index contributed by atoms with van der Waals surface area (Å²) in [5.74, 6) is -1.80. The maximum absolute atomic E-state index is 13.0. The molecule has 1 aliphatic heterocycles. The van der Waals surface area contributed by atoms with Gasteiger partial charge in [0, 0.05) is 25.2 Å². The van der Waals surface area contributed by atoms with E-state index in [2.05, 4.69) is 0 Å². The summed E-state index contributed by atoms with van der Waals surface area (Å²) in [4.78, 5) is -0.351. The van der Waals surface area contributed by atoms with Crippen LogP contribution in [0.4, 0.5) is 8.78 Å². The summed E-state index contributed by atoms with van der Waals surface area (Å²) >= 11 is 0. The number of hydrogen-bond donors (Lipinski definition) is 1. The largest absolute Gasteiger partial charge is 0.328 e. The molecular weight excluding hydrogens is 262 g/mol. The highest BCUT2D eigenvalue weighted by atomic mass is 32.2. The molecule has 0 bridgehead atoms. The third-order valence-corrected chi connectivity index (χ3v) is 4.85. The van der Waals surface area contributed by atoms with E-state index in [9.17, 15) is 17.2 Å². The second-order valence-electron chi connectivity index (χ2n) is 4.35. The van der Waals surface area contributed by atoms with E-state index in [4.69, 9.17) is 5.73 Å². The lowest BCUT2D eigenvalue weighted by Crippen LogP contribution is -2.42. The zero-order valence-corrected chi connectivity index (χ0v) is 10.5. The molecule has 1 aliphatic rings. The standard InChI is InChI=1S/C11H14F2N2O2S/c12-8-5-9(13)7-11(6-8)18(16,17)15-3-1-10(14)2-4-15/h5-7,10H,1-4,14H2. The van der Waals surface area contributed by atoms with Gasteiger partial charge in [0.15, 0.2) is 0 Å². The molecule has 0 atom stereocenters. The molecule has 0 spiro atoms. The van der Waals surface area contributed by atoms with Crippen LogP contribution in [0.5, 0.6) is 0 Å². The van der Waals surface area contributed by atoms with Gasteiger partial charge in [-0.05, 0) is 25.0 Å². The van der Waals surface area contributed by atoms with Crippen LogP contribution in [0.2, 0.25) is 0 Å². The normalized spacial score (nSPS) is 19.1. The van der Waals surface area contributed by atoms with Crippen molar-refractivity contribution in [3.05, 3.63) is 29.8 Å². The number of benzene rings is 1. The first-order chi connectivity index (χ1) is 8.39. The smallest absolute Gasteiger partial charge is 0.243 e. The van der Waals surface area contributed by atoms with Crippen LogP contribution in [0.25, 0.3) is 0 Å². The van der Waals surface area contributed by atoms with Crippen LogP contribution in [0, 0.1) is 11.6 Å². The van der Waals surface area contributed by atoms with Crippen molar-refractivity contribution in [2.45, 2.75) is 23.8 Å². The van der Waals surface area contributed by atoms with Crippen molar-refractivity contribution in [2.24, 2.45) is 5.73 Å². The molecule has 1 aromatic rings. The van der Waals surface area contributed by atoms with E-state index in [1.807, 2.05) is 0 Å². The van der Waals surface area contributed by atoms with E-state index in [-0.39, 0.29) is 24.0 Å². The van der Waals surface area contributed by atoms with E-state index < -0.39 is 21.7 Å². The first kappa shape index (κ1) is 13.4. The van der Waals surface area contributed by atoms with E-state index in [1.165, 1.54) is 4.31 Å². The van der Waals surface area contributed by atoms with Crippen molar-refractivity contribution in [2.75, 3.05) is 13.1 Å². The molecule has 1 heterocycles. The topological polar surface area (TPSA) is 63.4 Å². The van der Waals surface area contributed by atoms with E-state index >= 15 is 0 Å². The average Bonchev–Trinajstić information content (AvgIpc) is 2.28. The van der Waals surface area contributed by atoms with Crippen LogP contribution < -0.4 is 5.73 Å².